The molecule has 40 heavy (non-hydrogen) atoms. The third-order valence-electron chi connectivity index (χ3n) is 7.53. The smallest absolute Gasteiger partial charge is 0.410 e. The standard InChI is InChI=1S/C24H25F3N4O8S/c1-30-8-18-21(20(30)22(32)28-12-4-14(25)19(27)15(26)5-12)37-9-11-6-31(7-16(11)29-40(18,34)35)24(33)39-17-10-38-23-13(17)2-3-36-23/h4-5,8,11,13,16-17,23,29H,2-3,6-7,9-10H2,1H3,(H,28,32)/t11-,13+,16-,17+,23-/m1/s1. The van der Waals surface area contributed by atoms with Gasteiger partial charge in [-0.1, -0.05) is 0 Å². The predicted molar refractivity (Wildman–Crippen MR) is 128 cm³/mol. The van der Waals surface area contributed by atoms with E-state index in [1.807, 2.05) is 0 Å². The van der Waals surface area contributed by atoms with Crippen LogP contribution < -0.4 is 14.8 Å². The van der Waals surface area contributed by atoms with Crippen LogP contribution in [0.5, 0.6) is 5.75 Å². The molecule has 5 atom stereocenters. The summed E-state index contributed by atoms with van der Waals surface area (Å²) in [6, 6.07) is 0.503. The van der Waals surface area contributed by atoms with Crippen LogP contribution >= 0.6 is 0 Å². The van der Waals surface area contributed by atoms with E-state index in [1.54, 1.807) is 0 Å². The van der Waals surface area contributed by atoms with Gasteiger partial charge in [-0.2, -0.15) is 0 Å². The maximum Gasteiger partial charge on any atom is 0.410 e. The van der Waals surface area contributed by atoms with Crippen LogP contribution in [-0.2, 0) is 31.3 Å². The fourth-order valence-electron chi connectivity index (χ4n) is 5.52. The lowest BCUT2D eigenvalue weighted by Gasteiger charge is -2.23. The lowest BCUT2D eigenvalue weighted by atomic mass is 10.0. The van der Waals surface area contributed by atoms with Gasteiger partial charge in [-0.25, -0.2) is 31.1 Å². The van der Waals surface area contributed by atoms with Crippen molar-refractivity contribution in [3.8, 4) is 5.75 Å². The summed E-state index contributed by atoms with van der Waals surface area (Å²) in [6.07, 6.45) is 0.415. The highest BCUT2D eigenvalue weighted by Crippen LogP contribution is 2.36. The Balaban J connectivity index is 1.19. The SMILES string of the molecule is Cn1cc2c(c1C(=O)Nc1cc(F)c(F)c(F)c1)OC[C@H]1CN(C(=O)O[C@H]3CO[C@H]4OCC[C@H]43)C[C@H]1NS2(=O)=O. The van der Waals surface area contributed by atoms with E-state index >= 15 is 0 Å². The van der Waals surface area contributed by atoms with Crippen molar-refractivity contribution in [1.82, 2.24) is 14.2 Å². The van der Waals surface area contributed by atoms with Crippen molar-refractivity contribution in [3.63, 3.8) is 0 Å². The van der Waals surface area contributed by atoms with Crippen molar-refractivity contribution < 1.29 is 50.1 Å². The van der Waals surface area contributed by atoms with Crippen LogP contribution in [0, 0.1) is 29.3 Å². The quantitative estimate of drug-likeness (QED) is 0.518. The highest BCUT2D eigenvalue weighted by molar-refractivity contribution is 7.89. The monoisotopic (exact) mass is 586 g/mol. The number of fused-ring (bicyclic) bond motifs is 3. The van der Waals surface area contributed by atoms with E-state index in [2.05, 4.69) is 10.0 Å². The van der Waals surface area contributed by atoms with Gasteiger partial charge in [0.25, 0.3) is 5.91 Å². The van der Waals surface area contributed by atoms with E-state index in [9.17, 15) is 31.2 Å². The molecule has 12 nitrogen and oxygen atoms in total. The Morgan fingerprint density at radius 1 is 1.12 bits per heavy atom. The zero-order valence-corrected chi connectivity index (χ0v) is 21.9. The third kappa shape index (κ3) is 4.67. The van der Waals surface area contributed by atoms with Gasteiger partial charge in [0.05, 0.1) is 25.7 Å². The molecule has 0 radical (unpaired) electrons. The van der Waals surface area contributed by atoms with Gasteiger partial charge >= 0.3 is 6.09 Å². The summed E-state index contributed by atoms with van der Waals surface area (Å²) in [5.41, 5.74) is -0.621. The molecule has 1 aromatic heterocycles. The Bertz CT molecular complexity index is 1460. The molecule has 5 heterocycles. The summed E-state index contributed by atoms with van der Waals surface area (Å²) in [5, 5.41) is 2.24. The number of hydrogen-bond acceptors (Lipinski definition) is 8. The van der Waals surface area contributed by atoms with Crippen LogP contribution in [0.1, 0.15) is 16.9 Å². The second kappa shape index (κ2) is 9.94. The number of anilines is 1. The molecule has 4 aliphatic rings. The number of likely N-dealkylation sites (tertiary alicyclic amines) is 1. The summed E-state index contributed by atoms with van der Waals surface area (Å²) in [7, 11) is -2.83. The molecule has 2 N–H and O–H groups in total. The zero-order chi connectivity index (χ0) is 28.3. The predicted octanol–water partition coefficient (Wildman–Crippen LogP) is 1.56. The molecule has 16 heteroatoms. The molecule has 1 aromatic carbocycles. The first-order valence-corrected chi connectivity index (χ1v) is 14.0. The second-order valence-electron chi connectivity index (χ2n) is 10.1. The molecule has 0 bridgehead atoms. The highest BCUT2D eigenvalue weighted by Gasteiger charge is 2.47. The van der Waals surface area contributed by atoms with Gasteiger partial charge in [-0.3, -0.25) is 4.79 Å². The number of hydrogen-bond donors (Lipinski definition) is 2. The molecule has 0 spiro atoms. The number of carbonyl (C=O) groups is 2. The molecular formula is C24H25F3N4O8S. The van der Waals surface area contributed by atoms with E-state index in [4.69, 9.17) is 18.9 Å². The second-order valence-corrected chi connectivity index (χ2v) is 11.8. The molecule has 6 rings (SSSR count). The number of carbonyl (C=O) groups excluding carboxylic acids is 2. The number of rotatable bonds is 3. The summed E-state index contributed by atoms with van der Waals surface area (Å²) in [6.45, 7) is 0.854. The van der Waals surface area contributed by atoms with E-state index in [0.717, 1.165) is 0 Å². The minimum atomic E-state index is -4.23. The molecular weight excluding hydrogens is 561 g/mol. The number of sulfonamides is 1. The maximum atomic E-state index is 13.6. The normalized spacial score (nSPS) is 28.6. The number of amides is 2. The average molecular weight is 587 g/mol. The Morgan fingerprint density at radius 3 is 2.62 bits per heavy atom. The number of nitrogens with zero attached hydrogens (tertiary/aromatic N) is 2. The van der Waals surface area contributed by atoms with Gasteiger partial charge in [0, 0.05) is 56.1 Å². The Hall–Kier alpha value is -3.34. The van der Waals surface area contributed by atoms with Crippen LogP contribution in [0.2, 0.25) is 0 Å². The van der Waals surface area contributed by atoms with E-state index in [-0.39, 0.29) is 54.2 Å². The van der Waals surface area contributed by atoms with Crippen molar-refractivity contribution in [2.45, 2.75) is 29.8 Å². The molecule has 3 fully saturated rings. The number of aromatic nitrogens is 1. The number of ether oxygens (including phenoxy) is 4. The average Bonchev–Trinajstić information content (AvgIpc) is 3.65. The molecule has 2 amide bonds. The van der Waals surface area contributed by atoms with Gasteiger partial charge in [0.15, 0.2) is 35.2 Å². The van der Waals surface area contributed by atoms with E-state index in [1.165, 1.54) is 22.7 Å². The van der Waals surface area contributed by atoms with Crippen molar-refractivity contribution in [2.24, 2.45) is 18.9 Å². The summed E-state index contributed by atoms with van der Waals surface area (Å²) < 4.78 is 93.4. The summed E-state index contributed by atoms with van der Waals surface area (Å²) in [4.78, 5) is 27.0. The summed E-state index contributed by atoms with van der Waals surface area (Å²) in [5.74, 6) is -6.45. The lowest BCUT2D eigenvalue weighted by Crippen LogP contribution is -2.44. The number of halogens is 3. The minimum Gasteiger partial charge on any atom is -0.489 e. The van der Waals surface area contributed by atoms with Gasteiger partial charge in [-0.15, -0.1) is 0 Å². The van der Waals surface area contributed by atoms with Crippen molar-refractivity contribution >= 4 is 27.7 Å². The minimum absolute atomic E-state index is 0.0431. The third-order valence-corrected chi connectivity index (χ3v) is 9.02. The van der Waals surface area contributed by atoms with E-state index in [0.29, 0.717) is 25.2 Å². The van der Waals surface area contributed by atoms with Crippen LogP contribution in [0.4, 0.5) is 23.7 Å². The van der Waals surface area contributed by atoms with Crippen LogP contribution in [0.15, 0.2) is 23.2 Å². The van der Waals surface area contributed by atoms with E-state index < -0.39 is 63.8 Å². The topological polar surface area (TPSA) is 137 Å². The first-order chi connectivity index (χ1) is 19.0. The lowest BCUT2D eigenvalue weighted by molar-refractivity contribution is -0.0907. The van der Waals surface area contributed by atoms with Gasteiger partial charge < -0.3 is 33.7 Å². The first-order valence-electron chi connectivity index (χ1n) is 12.5. The Kier molecular flexibility index (Phi) is 6.67. The van der Waals surface area contributed by atoms with Crippen LogP contribution in [-0.4, -0.2) is 81.2 Å². The maximum absolute atomic E-state index is 13.6. The molecule has 0 saturated carbocycles. The number of nitrogens with one attached hydrogen (secondary N) is 2. The van der Waals surface area contributed by atoms with Crippen molar-refractivity contribution in [1.29, 1.82) is 0 Å². The van der Waals surface area contributed by atoms with Gasteiger partial charge in [0.2, 0.25) is 10.0 Å². The number of benzene rings is 1. The molecule has 0 aliphatic carbocycles. The molecule has 2 aromatic rings. The van der Waals surface area contributed by atoms with Crippen molar-refractivity contribution in [3.05, 3.63) is 41.5 Å². The Morgan fingerprint density at radius 2 is 1.88 bits per heavy atom. The Labute approximate surface area is 226 Å². The fourth-order valence-corrected chi connectivity index (χ4v) is 7.00. The first kappa shape index (κ1) is 26.9. The largest absolute Gasteiger partial charge is 0.489 e. The van der Waals surface area contributed by atoms with Crippen LogP contribution in [0.25, 0.3) is 0 Å². The molecule has 3 saturated heterocycles. The van der Waals surface area contributed by atoms with Gasteiger partial charge in [0.1, 0.15) is 11.0 Å². The molecule has 216 valence electrons. The molecule has 0 unspecified atom stereocenters. The summed E-state index contributed by atoms with van der Waals surface area (Å²) >= 11 is 0. The zero-order valence-electron chi connectivity index (χ0n) is 21.1. The highest BCUT2D eigenvalue weighted by atomic mass is 32.2. The van der Waals surface area contributed by atoms with Gasteiger partial charge in [-0.05, 0) is 6.42 Å². The number of aryl methyl sites for hydroxylation is 1. The van der Waals surface area contributed by atoms with Crippen molar-refractivity contribution in [2.75, 3.05) is 38.2 Å². The van der Waals surface area contributed by atoms with Crippen LogP contribution in [0.3, 0.4) is 0 Å². The fraction of sp³-hybridized carbons (Fsp3) is 0.500. The molecule has 4 aliphatic heterocycles.